The van der Waals surface area contributed by atoms with Gasteiger partial charge in [-0.1, -0.05) is 21.9 Å². The number of rotatable bonds is 3. The summed E-state index contributed by atoms with van der Waals surface area (Å²) in [5.74, 6) is 0. The standard InChI is InChI=1S/C10H9BrClN3O/c1-6-10(15-16-14-6)5-13-7-2-3-8(11)9(12)4-7/h2-4,13H,5H2,1H3. The van der Waals surface area contributed by atoms with Crippen LogP contribution in [0.5, 0.6) is 0 Å². The van der Waals surface area contributed by atoms with Crippen LogP contribution in [0.4, 0.5) is 5.69 Å². The smallest absolute Gasteiger partial charge is 0.127 e. The molecule has 0 unspecified atom stereocenters. The fraction of sp³-hybridized carbons (Fsp3) is 0.200. The minimum Gasteiger partial charge on any atom is -0.379 e. The van der Waals surface area contributed by atoms with Crippen LogP contribution in [-0.2, 0) is 6.54 Å². The minimum absolute atomic E-state index is 0.563. The Morgan fingerprint density at radius 2 is 2.25 bits per heavy atom. The Labute approximate surface area is 106 Å². The van der Waals surface area contributed by atoms with Crippen LogP contribution in [0.3, 0.4) is 0 Å². The van der Waals surface area contributed by atoms with E-state index in [1.807, 2.05) is 25.1 Å². The quantitative estimate of drug-likeness (QED) is 0.944. The molecular formula is C10H9BrClN3O. The van der Waals surface area contributed by atoms with Gasteiger partial charge in [-0.15, -0.1) is 0 Å². The number of benzene rings is 1. The van der Waals surface area contributed by atoms with Crippen LogP contribution in [0.15, 0.2) is 27.3 Å². The van der Waals surface area contributed by atoms with Crippen molar-refractivity contribution in [2.24, 2.45) is 0 Å². The zero-order valence-electron chi connectivity index (χ0n) is 8.50. The molecule has 0 spiro atoms. The van der Waals surface area contributed by atoms with Gasteiger partial charge in [0, 0.05) is 10.2 Å². The maximum Gasteiger partial charge on any atom is 0.127 e. The molecule has 1 heterocycles. The summed E-state index contributed by atoms with van der Waals surface area (Å²) in [6.45, 7) is 2.41. The van der Waals surface area contributed by atoms with Gasteiger partial charge in [0.25, 0.3) is 0 Å². The van der Waals surface area contributed by atoms with Crippen molar-refractivity contribution in [3.05, 3.63) is 39.1 Å². The fourth-order valence-corrected chi connectivity index (χ4v) is 1.63. The largest absolute Gasteiger partial charge is 0.379 e. The van der Waals surface area contributed by atoms with E-state index in [2.05, 4.69) is 36.2 Å². The third-order valence-electron chi connectivity index (χ3n) is 2.13. The van der Waals surface area contributed by atoms with E-state index in [0.717, 1.165) is 21.5 Å². The number of anilines is 1. The van der Waals surface area contributed by atoms with Crippen molar-refractivity contribution in [2.45, 2.75) is 13.5 Å². The lowest BCUT2D eigenvalue weighted by Gasteiger charge is -2.05. The highest BCUT2D eigenvalue weighted by Crippen LogP contribution is 2.25. The molecule has 0 amide bonds. The van der Waals surface area contributed by atoms with Gasteiger partial charge >= 0.3 is 0 Å². The van der Waals surface area contributed by atoms with Crippen molar-refractivity contribution >= 4 is 33.2 Å². The number of nitrogens with one attached hydrogen (secondary N) is 1. The second-order valence-electron chi connectivity index (χ2n) is 3.28. The first kappa shape index (κ1) is 11.4. The van der Waals surface area contributed by atoms with Crippen LogP contribution < -0.4 is 5.32 Å². The van der Waals surface area contributed by atoms with Gasteiger partial charge < -0.3 is 5.32 Å². The average Bonchev–Trinajstić information content (AvgIpc) is 2.66. The Balaban J connectivity index is 2.05. The predicted octanol–water partition coefficient (Wildman–Crippen LogP) is 3.41. The summed E-state index contributed by atoms with van der Waals surface area (Å²) in [6.07, 6.45) is 0. The first-order chi connectivity index (χ1) is 7.66. The Hall–Kier alpha value is -1.07. The molecule has 1 N–H and O–H groups in total. The molecule has 0 radical (unpaired) electrons. The maximum absolute atomic E-state index is 5.97. The van der Waals surface area contributed by atoms with Crippen LogP contribution in [0, 0.1) is 6.92 Å². The summed E-state index contributed by atoms with van der Waals surface area (Å²) in [6, 6.07) is 5.66. The lowest BCUT2D eigenvalue weighted by Crippen LogP contribution is -2.01. The van der Waals surface area contributed by atoms with Gasteiger partial charge in [-0.05, 0) is 41.1 Å². The lowest BCUT2D eigenvalue weighted by atomic mass is 10.3. The first-order valence-electron chi connectivity index (χ1n) is 4.64. The van der Waals surface area contributed by atoms with Gasteiger partial charge in [-0.3, -0.25) is 0 Å². The molecule has 2 aromatic rings. The highest BCUT2D eigenvalue weighted by molar-refractivity contribution is 9.10. The topological polar surface area (TPSA) is 51.0 Å². The highest BCUT2D eigenvalue weighted by atomic mass is 79.9. The molecule has 2 rings (SSSR count). The SMILES string of the molecule is Cc1nonc1CNc1ccc(Br)c(Cl)c1. The average molecular weight is 303 g/mol. The number of aryl methyl sites for hydroxylation is 1. The Kier molecular flexibility index (Phi) is 3.46. The number of nitrogens with zero attached hydrogens (tertiary/aromatic N) is 2. The minimum atomic E-state index is 0.563. The Bertz CT molecular complexity index is 501. The summed E-state index contributed by atoms with van der Waals surface area (Å²) in [7, 11) is 0. The van der Waals surface area contributed by atoms with Gasteiger partial charge in [0.15, 0.2) is 0 Å². The summed E-state index contributed by atoms with van der Waals surface area (Å²) < 4.78 is 5.48. The highest BCUT2D eigenvalue weighted by Gasteiger charge is 2.05. The van der Waals surface area contributed by atoms with Gasteiger partial charge in [-0.2, -0.15) is 0 Å². The van der Waals surface area contributed by atoms with E-state index >= 15 is 0 Å². The molecule has 0 saturated heterocycles. The van der Waals surface area contributed by atoms with Gasteiger partial charge in [-0.25, -0.2) is 4.63 Å². The number of hydrogen-bond donors (Lipinski definition) is 1. The van der Waals surface area contributed by atoms with E-state index in [0.29, 0.717) is 11.6 Å². The molecule has 0 saturated carbocycles. The normalized spacial score (nSPS) is 10.4. The van der Waals surface area contributed by atoms with Crippen molar-refractivity contribution in [2.75, 3.05) is 5.32 Å². The molecule has 4 nitrogen and oxygen atoms in total. The second-order valence-corrected chi connectivity index (χ2v) is 4.54. The Morgan fingerprint density at radius 3 is 2.88 bits per heavy atom. The zero-order chi connectivity index (χ0) is 11.5. The molecule has 16 heavy (non-hydrogen) atoms. The van der Waals surface area contributed by atoms with E-state index in [1.54, 1.807) is 0 Å². The molecule has 0 fully saturated rings. The maximum atomic E-state index is 5.97. The van der Waals surface area contributed by atoms with Crippen LogP contribution in [0.25, 0.3) is 0 Å². The van der Waals surface area contributed by atoms with Crippen molar-refractivity contribution in [3.63, 3.8) is 0 Å². The zero-order valence-corrected chi connectivity index (χ0v) is 10.8. The fourth-order valence-electron chi connectivity index (χ4n) is 1.20. The van der Waals surface area contributed by atoms with E-state index in [9.17, 15) is 0 Å². The van der Waals surface area contributed by atoms with Crippen LogP contribution in [-0.4, -0.2) is 10.3 Å². The third-order valence-corrected chi connectivity index (χ3v) is 3.36. The lowest BCUT2D eigenvalue weighted by molar-refractivity contribution is 0.301. The first-order valence-corrected chi connectivity index (χ1v) is 5.81. The number of aromatic nitrogens is 2. The molecule has 84 valence electrons. The molecule has 0 aliphatic rings. The van der Waals surface area contributed by atoms with Crippen LogP contribution in [0.2, 0.25) is 5.02 Å². The molecule has 0 atom stereocenters. The van der Waals surface area contributed by atoms with Crippen molar-refractivity contribution in [3.8, 4) is 0 Å². The third kappa shape index (κ3) is 2.54. The number of halogens is 2. The second kappa shape index (κ2) is 4.84. The molecule has 1 aromatic heterocycles. The molecule has 0 bridgehead atoms. The van der Waals surface area contributed by atoms with E-state index < -0.39 is 0 Å². The van der Waals surface area contributed by atoms with Gasteiger partial charge in [0.1, 0.15) is 11.4 Å². The van der Waals surface area contributed by atoms with Crippen molar-refractivity contribution in [1.29, 1.82) is 0 Å². The summed E-state index contributed by atoms with van der Waals surface area (Å²) in [5.41, 5.74) is 2.50. The summed E-state index contributed by atoms with van der Waals surface area (Å²) >= 11 is 9.31. The monoisotopic (exact) mass is 301 g/mol. The van der Waals surface area contributed by atoms with Gasteiger partial charge in [0.05, 0.1) is 11.6 Å². The van der Waals surface area contributed by atoms with Crippen molar-refractivity contribution in [1.82, 2.24) is 10.3 Å². The van der Waals surface area contributed by atoms with Crippen LogP contribution >= 0.6 is 27.5 Å². The molecule has 6 heteroatoms. The van der Waals surface area contributed by atoms with E-state index in [4.69, 9.17) is 11.6 Å². The van der Waals surface area contributed by atoms with Crippen LogP contribution in [0.1, 0.15) is 11.4 Å². The van der Waals surface area contributed by atoms with E-state index in [-0.39, 0.29) is 0 Å². The Morgan fingerprint density at radius 1 is 1.44 bits per heavy atom. The molecule has 0 aliphatic carbocycles. The molecule has 0 aliphatic heterocycles. The van der Waals surface area contributed by atoms with E-state index in [1.165, 1.54) is 0 Å². The van der Waals surface area contributed by atoms with Crippen molar-refractivity contribution < 1.29 is 4.63 Å². The number of hydrogen-bond acceptors (Lipinski definition) is 4. The predicted molar refractivity (Wildman–Crippen MR) is 65.5 cm³/mol. The summed E-state index contributed by atoms with van der Waals surface area (Å²) in [4.78, 5) is 0. The summed E-state index contributed by atoms with van der Waals surface area (Å²) in [5, 5.41) is 11.3. The van der Waals surface area contributed by atoms with Gasteiger partial charge in [0.2, 0.25) is 0 Å². The molecule has 1 aromatic carbocycles. The molecular weight excluding hydrogens is 293 g/mol.